The molecular weight excluding hydrogens is 504 g/mol. The molecule has 3 fully saturated rings. The van der Waals surface area contributed by atoms with Crippen molar-refractivity contribution < 1.29 is 28.8 Å². The van der Waals surface area contributed by atoms with Crippen molar-refractivity contribution >= 4 is 27.5 Å². The summed E-state index contributed by atoms with van der Waals surface area (Å²) in [5.74, 6) is 0.237. The molecule has 2 aliphatic carbocycles. The predicted molar refractivity (Wildman–Crippen MR) is 160 cm³/mol. The number of benzene rings is 3. The van der Waals surface area contributed by atoms with E-state index in [1.807, 2.05) is 61.7 Å². The highest BCUT2D eigenvalue weighted by Crippen LogP contribution is 2.32. The molecule has 0 spiro atoms. The van der Waals surface area contributed by atoms with Crippen LogP contribution >= 0.6 is 0 Å². The number of fused-ring (bicyclic) bond motifs is 2. The summed E-state index contributed by atoms with van der Waals surface area (Å²) < 4.78 is 21.6. The number of hydrogen-bond donors (Lipinski definition) is 1. The van der Waals surface area contributed by atoms with Gasteiger partial charge in [-0.3, -0.25) is 0 Å². The van der Waals surface area contributed by atoms with Gasteiger partial charge in [-0.2, -0.15) is 0 Å². The summed E-state index contributed by atoms with van der Waals surface area (Å²) in [6, 6.07) is 17.4. The SMILES string of the molecule is CC(O)OC(=O)c1c2ccccc2cc2ccccc12.CC1CO1.COC1CCCCC1OC1CCCCC1C. The van der Waals surface area contributed by atoms with E-state index in [1.165, 1.54) is 58.3 Å². The molecule has 1 saturated heterocycles. The molecule has 6 nitrogen and oxygen atoms in total. The van der Waals surface area contributed by atoms with Crippen LogP contribution in [0.2, 0.25) is 0 Å². The van der Waals surface area contributed by atoms with Gasteiger partial charge >= 0.3 is 5.97 Å². The van der Waals surface area contributed by atoms with Crippen molar-refractivity contribution in [3.05, 3.63) is 60.2 Å². The minimum absolute atomic E-state index is 0.350. The number of rotatable bonds is 5. The van der Waals surface area contributed by atoms with E-state index in [2.05, 4.69) is 13.8 Å². The largest absolute Gasteiger partial charge is 0.433 e. The average molecular weight is 551 g/mol. The summed E-state index contributed by atoms with van der Waals surface area (Å²) in [5.41, 5.74) is 0.500. The van der Waals surface area contributed by atoms with Crippen LogP contribution in [0.25, 0.3) is 21.5 Å². The fourth-order valence-electron chi connectivity index (χ4n) is 5.74. The Labute approximate surface area is 238 Å². The van der Waals surface area contributed by atoms with E-state index in [1.54, 1.807) is 0 Å². The number of esters is 1. The van der Waals surface area contributed by atoms with Crippen LogP contribution in [-0.4, -0.2) is 55.5 Å². The minimum Gasteiger partial charge on any atom is -0.433 e. The fraction of sp³-hybridized carbons (Fsp3) is 0.559. The third kappa shape index (κ3) is 8.50. The first-order chi connectivity index (χ1) is 19.4. The van der Waals surface area contributed by atoms with Gasteiger partial charge in [0.15, 0.2) is 6.29 Å². The highest BCUT2D eigenvalue weighted by Gasteiger charge is 2.31. The number of aliphatic hydroxyl groups excluding tert-OH is 1. The van der Waals surface area contributed by atoms with Gasteiger partial charge in [-0.1, -0.05) is 81.1 Å². The van der Waals surface area contributed by atoms with Crippen LogP contribution in [0.15, 0.2) is 54.6 Å². The molecule has 2 saturated carbocycles. The highest BCUT2D eigenvalue weighted by atomic mass is 16.6. The summed E-state index contributed by atoms with van der Waals surface area (Å²) in [6.45, 7) is 6.81. The zero-order chi connectivity index (χ0) is 28.5. The molecule has 6 heteroatoms. The lowest BCUT2D eigenvalue weighted by atomic mass is 9.87. The summed E-state index contributed by atoms with van der Waals surface area (Å²) in [6.07, 6.45) is 11.0. The molecule has 0 aromatic heterocycles. The monoisotopic (exact) mass is 550 g/mol. The van der Waals surface area contributed by atoms with Gasteiger partial charge in [0.05, 0.1) is 36.6 Å². The van der Waals surface area contributed by atoms with Crippen LogP contribution in [0.4, 0.5) is 0 Å². The lowest BCUT2D eigenvalue weighted by molar-refractivity contribution is -0.127. The minimum atomic E-state index is -1.12. The van der Waals surface area contributed by atoms with Crippen molar-refractivity contribution in [3.63, 3.8) is 0 Å². The Bertz CT molecular complexity index is 1170. The van der Waals surface area contributed by atoms with E-state index < -0.39 is 12.3 Å². The van der Waals surface area contributed by atoms with Crippen LogP contribution in [0.3, 0.4) is 0 Å². The standard InChI is InChI=1S/C17H14O3.C14H26O2.C3H6O/c1-11(18)20-17(19)16-14-8-4-2-6-12(14)10-13-7-3-5-9-15(13)16;1-11-7-3-4-8-12(11)16-14-10-6-5-9-13(14)15-2;1-3-2-4-3/h2-11,18H,1H3;11-14H,3-10H2,1-2H3;3H,2H2,1H3. The van der Waals surface area contributed by atoms with Gasteiger partial charge in [0.1, 0.15) is 0 Å². The van der Waals surface area contributed by atoms with Gasteiger partial charge in [-0.25, -0.2) is 4.79 Å². The van der Waals surface area contributed by atoms with Gasteiger partial charge in [-0.05, 0) is 73.1 Å². The summed E-state index contributed by atoms with van der Waals surface area (Å²) in [7, 11) is 1.83. The van der Waals surface area contributed by atoms with E-state index in [0.717, 1.165) is 34.1 Å². The second kappa shape index (κ2) is 14.9. The summed E-state index contributed by atoms with van der Waals surface area (Å²) >= 11 is 0. The maximum atomic E-state index is 12.3. The third-order valence-corrected chi connectivity index (χ3v) is 8.08. The van der Waals surface area contributed by atoms with Crippen molar-refractivity contribution in [3.8, 4) is 0 Å². The molecule has 1 aliphatic heterocycles. The Morgan fingerprint density at radius 3 is 1.85 bits per heavy atom. The van der Waals surface area contributed by atoms with Crippen molar-refractivity contribution in [2.24, 2.45) is 5.92 Å². The number of aliphatic hydroxyl groups is 1. The first-order valence-electron chi connectivity index (χ1n) is 15.0. The number of epoxide rings is 1. The Balaban J connectivity index is 0.000000165. The molecule has 6 rings (SSSR count). The summed E-state index contributed by atoms with van der Waals surface area (Å²) in [4.78, 5) is 12.3. The molecule has 1 heterocycles. The molecule has 3 aliphatic rings. The van der Waals surface area contributed by atoms with Crippen LogP contribution in [0, 0.1) is 5.92 Å². The van der Waals surface area contributed by atoms with Gasteiger partial charge in [0, 0.05) is 7.11 Å². The topological polar surface area (TPSA) is 77.5 Å². The maximum absolute atomic E-state index is 12.3. The number of carbonyl (C=O) groups excluding carboxylic acids is 1. The fourth-order valence-corrected chi connectivity index (χ4v) is 5.74. The van der Waals surface area contributed by atoms with Crippen LogP contribution < -0.4 is 0 Å². The highest BCUT2D eigenvalue weighted by molar-refractivity contribution is 6.16. The average Bonchev–Trinajstić information content (AvgIpc) is 3.75. The first-order valence-corrected chi connectivity index (χ1v) is 15.0. The smallest absolute Gasteiger partial charge is 0.341 e. The third-order valence-electron chi connectivity index (χ3n) is 8.08. The molecule has 218 valence electrons. The molecule has 0 radical (unpaired) electrons. The van der Waals surface area contributed by atoms with E-state index in [0.29, 0.717) is 30.0 Å². The van der Waals surface area contributed by atoms with Gasteiger partial charge < -0.3 is 24.1 Å². The van der Waals surface area contributed by atoms with Crippen molar-refractivity contribution in [2.45, 2.75) is 103 Å². The molecular formula is C34H46O6. The zero-order valence-electron chi connectivity index (χ0n) is 24.5. The molecule has 3 aromatic rings. The molecule has 6 atom stereocenters. The van der Waals surface area contributed by atoms with E-state index in [9.17, 15) is 9.90 Å². The van der Waals surface area contributed by atoms with E-state index in [4.69, 9.17) is 18.9 Å². The van der Waals surface area contributed by atoms with Gasteiger partial charge in [-0.15, -0.1) is 0 Å². The van der Waals surface area contributed by atoms with Crippen LogP contribution in [0.1, 0.15) is 82.5 Å². The Morgan fingerprint density at radius 1 is 0.850 bits per heavy atom. The Morgan fingerprint density at radius 2 is 1.35 bits per heavy atom. The molecule has 6 unspecified atom stereocenters. The van der Waals surface area contributed by atoms with E-state index >= 15 is 0 Å². The van der Waals surface area contributed by atoms with Crippen molar-refractivity contribution in [2.75, 3.05) is 13.7 Å². The molecule has 0 amide bonds. The Kier molecular flexibility index (Phi) is 11.4. The van der Waals surface area contributed by atoms with Crippen LogP contribution in [-0.2, 0) is 18.9 Å². The number of ether oxygens (including phenoxy) is 4. The second-order valence-corrected chi connectivity index (χ2v) is 11.4. The van der Waals surface area contributed by atoms with Crippen molar-refractivity contribution in [1.82, 2.24) is 0 Å². The zero-order valence-corrected chi connectivity index (χ0v) is 24.5. The van der Waals surface area contributed by atoms with Gasteiger partial charge in [0.2, 0.25) is 0 Å². The van der Waals surface area contributed by atoms with Crippen molar-refractivity contribution in [1.29, 1.82) is 0 Å². The quantitative estimate of drug-likeness (QED) is 0.154. The maximum Gasteiger partial charge on any atom is 0.341 e. The number of methoxy groups -OCH3 is 1. The van der Waals surface area contributed by atoms with Gasteiger partial charge in [0.25, 0.3) is 0 Å². The molecule has 0 bridgehead atoms. The normalized spacial score (nSPS) is 26.6. The summed E-state index contributed by atoms with van der Waals surface area (Å²) in [5, 5.41) is 12.9. The first kappa shape index (κ1) is 30.4. The lowest BCUT2D eigenvalue weighted by Crippen LogP contribution is -2.39. The van der Waals surface area contributed by atoms with Crippen LogP contribution in [0.5, 0.6) is 0 Å². The molecule has 1 N–H and O–H groups in total. The molecule has 3 aromatic carbocycles. The number of hydrogen-bond acceptors (Lipinski definition) is 6. The lowest BCUT2D eigenvalue weighted by Gasteiger charge is -2.37. The molecule has 40 heavy (non-hydrogen) atoms. The second-order valence-electron chi connectivity index (χ2n) is 11.4. The van der Waals surface area contributed by atoms with E-state index in [-0.39, 0.29) is 0 Å². The number of carbonyl (C=O) groups is 1. The predicted octanol–water partition coefficient (Wildman–Crippen LogP) is 7.43. The Hall–Kier alpha value is -2.51.